The van der Waals surface area contributed by atoms with Gasteiger partial charge in [-0.1, -0.05) is 6.07 Å². The Morgan fingerprint density at radius 1 is 1.19 bits per heavy atom. The molecule has 0 bridgehead atoms. The van der Waals surface area contributed by atoms with Crippen LogP contribution in [-0.2, 0) is 16.1 Å². The number of aromatic nitrogens is 2. The number of ether oxygens (including phenoxy) is 2. The molecule has 0 saturated heterocycles. The first-order valence-corrected chi connectivity index (χ1v) is 8.92. The third kappa shape index (κ3) is 4.91. The monoisotopic (exact) mass is 369 g/mol. The van der Waals surface area contributed by atoms with Gasteiger partial charge in [0, 0.05) is 36.3 Å². The van der Waals surface area contributed by atoms with Gasteiger partial charge in [0.1, 0.15) is 12.3 Å². The van der Waals surface area contributed by atoms with Crippen LogP contribution < -0.4 is 10.2 Å². The highest BCUT2D eigenvalue weighted by Crippen LogP contribution is 2.22. The first-order valence-electron chi connectivity index (χ1n) is 8.92. The van der Waals surface area contributed by atoms with Crippen molar-refractivity contribution in [3.8, 4) is 5.75 Å². The summed E-state index contributed by atoms with van der Waals surface area (Å²) < 4.78 is 13.6. The fourth-order valence-electron chi connectivity index (χ4n) is 2.75. The SMILES string of the molecule is CCOC(=O)Cn1ccc2cc(OCCCN=c3ccccn3O)ccc21. The number of nitrogens with zero attached hydrogens (tertiary/aromatic N) is 3. The van der Waals surface area contributed by atoms with Gasteiger partial charge in [-0.2, -0.15) is 4.73 Å². The summed E-state index contributed by atoms with van der Waals surface area (Å²) in [5.74, 6) is 0.523. The van der Waals surface area contributed by atoms with Gasteiger partial charge in [0.05, 0.1) is 13.2 Å². The van der Waals surface area contributed by atoms with Crippen LogP contribution in [-0.4, -0.2) is 40.2 Å². The predicted octanol–water partition coefficient (Wildman–Crippen LogP) is 2.61. The molecule has 0 fully saturated rings. The molecule has 0 unspecified atom stereocenters. The Hall–Kier alpha value is -3.22. The zero-order valence-corrected chi connectivity index (χ0v) is 15.2. The van der Waals surface area contributed by atoms with Crippen molar-refractivity contribution in [1.29, 1.82) is 0 Å². The zero-order chi connectivity index (χ0) is 19.1. The summed E-state index contributed by atoms with van der Waals surface area (Å²) in [6.07, 6.45) is 4.14. The average molecular weight is 369 g/mol. The molecule has 0 spiro atoms. The lowest BCUT2D eigenvalue weighted by atomic mass is 10.2. The molecule has 1 aromatic carbocycles. The molecule has 0 radical (unpaired) electrons. The molecule has 2 aromatic heterocycles. The van der Waals surface area contributed by atoms with Crippen molar-refractivity contribution in [3.05, 3.63) is 60.3 Å². The number of pyridine rings is 1. The smallest absolute Gasteiger partial charge is 0.325 e. The van der Waals surface area contributed by atoms with Crippen LogP contribution in [0.5, 0.6) is 5.75 Å². The van der Waals surface area contributed by atoms with E-state index in [0.29, 0.717) is 25.2 Å². The minimum Gasteiger partial charge on any atom is -0.494 e. The summed E-state index contributed by atoms with van der Waals surface area (Å²) in [4.78, 5) is 16.0. The van der Waals surface area contributed by atoms with Crippen LogP contribution >= 0.6 is 0 Å². The quantitative estimate of drug-likeness (QED) is 0.376. The van der Waals surface area contributed by atoms with E-state index in [4.69, 9.17) is 9.47 Å². The molecule has 0 atom stereocenters. The lowest BCUT2D eigenvalue weighted by Gasteiger charge is -2.07. The predicted molar refractivity (Wildman–Crippen MR) is 101 cm³/mol. The van der Waals surface area contributed by atoms with Gasteiger partial charge in [0.25, 0.3) is 0 Å². The largest absolute Gasteiger partial charge is 0.494 e. The number of benzene rings is 1. The van der Waals surface area contributed by atoms with Crippen LogP contribution in [0.4, 0.5) is 0 Å². The molecule has 0 aliphatic carbocycles. The van der Waals surface area contributed by atoms with Crippen LogP contribution in [0.1, 0.15) is 13.3 Å². The number of hydrogen-bond donors (Lipinski definition) is 1. The van der Waals surface area contributed by atoms with Gasteiger partial charge < -0.3 is 19.2 Å². The molecule has 142 valence electrons. The van der Waals surface area contributed by atoms with Crippen LogP contribution in [0.2, 0.25) is 0 Å². The van der Waals surface area contributed by atoms with Gasteiger partial charge in [-0.3, -0.25) is 9.79 Å². The minimum atomic E-state index is -0.248. The first kappa shape index (κ1) is 18.6. The van der Waals surface area contributed by atoms with E-state index in [0.717, 1.165) is 27.8 Å². The Balaban J connectivity index is 1.54. The molecule has 7 heteroatoms. The van der Waals surface area contributed by atoms with Crippen molar-refractivity contribution in [2.24, 2.45) is 4.99 Å². The molecule has 7 nitrogen and oxygen atoms in total. The molecule has 0 amide bonds. The van der Waals surface area contributed by atoms with Crippen molar-refractivity contribution in [3.63, 3.8) is 0 Å². The Morgan fingerprint density at radius 3 is 2.89 bits per heavy atom. The lowest BCUT2D eigenvalue weighted by molar-refractivity contribution is -0.143. The van der Waals surface area contributed by atoms with Gasteiger partial charge in [-0.15, -0.1) is 0 Å². The van der Waals surface area contributed by atoms with E-state index in [9.17, 15) is 10.0 Å². The molecular formula is C20H23N3O4. The number of hydrogen-bond acceptors (Lipinski definition) is 5. The molecular weight excluding hydrogens is 346 g/mol. The summed E-state index contributed by atoms with van der Waals surface area (Å²) in [7, 11) is 0. The van der Waals surface area contributed by atoms with Gasteiger partial charge in [-0.25, -0.2) is 0 Å². The van der Waals surface area contributed by atoms with Crippen molar-refractivity contribution in [2.75, 3.05) is 19.8 Å². The van der Waals surface area contributed by atoms with E-state index in [1.165, 1.54) is 0 Å². The maximum Gasteiger partial charge on any atom is 0.325 e. The Kier molecular flexibility index (Phi) is 6.14. The van der Waals surface area contributed by atoms with E-state index < -0.39 is 0 Å². The number of fused-ring (bicyclic) bond motifs is 1. The van der Waals surface area contributed by atoms with Gasteiger partial charge in [0.2, 0.25) is 0 Å². The van der Waals surface area contributed by atoms with Crippen LogP contribution in [0.3, 0.4) is 0 Å². The number of esters is 1. The van der Waals surface area contributed by atoms with Gasteiger partial charge in [0.15, 0.2) is 5.49 Å². The summed E-state index contributed by atoms with van der Waals surface area (Å²) in [5.41, 5.74) is 1.48. The first-order chi connectivity index (χ1) is 13.2. The van der Waals surface area contributed by atoms with Crippen LogP contribution in [0.25, 0.3) is 10.9 Å². The summed E-state index contributed by atoms with van der Waals surface area (Å²) in [5, 5.41) is 10.6. The average Bonchev–Trinajstić information content (AvgIpc) is 3.05. The van der Waals surface area contributed by atoms with E-state index in [1.54, 1.807) is 25.3 Å². The van der Waals surface area contributed by atoms with Crippen molar-refractivity contribution >= 4 is 16.9 Å². The maximum atomic E-state index is 11.7. The fraction of sp³-hybridized carbons (Fsp3) is 0.300. The van der Waals surface area contributed by atoms with E-state index in [-0.39, 0.29) is 12.5 Å². The molecule has 0 aliphatic heterocycles. The lowest BCUT2D eigenvalue weighted by Crippen LogP contribution is -2.17. The minimum absolute atomic E-state index is 0.198. The summed E-state index contributed by atoms with van der Waals surface area (Å²) >= 11 is 0. The normalized spacial score (nSPS) is 11.7. The molecule has 3 aromatic rings. The van der Waals surface area contributed by atoms with Crippen molar-refractivity contribution in [2.45, 2.75) is 19.9 Å². The highest BCUT2D eigenvalue weighted by Gasteiger charge is 2.07. The standard InChI is InChI=1S/C20H23N3O4/c1-2-26-20(24)15-22-12-9-16-14-17(7-8-18(16)22)27-13-5-10-21-19-6-3-4-11-23(19)25/h3-4,6-9,11-12,14,25H,2,5,10,13,15H2,1H3. The molecule has 1 N–H and O–H groups in total. The Bertz CT molecular complexity index is 975. The Labute approximate surface area is 157 Å². The topological polar surface area (TPSA) is 78.0 Å². The van der Waals surface area contributed by atoms with Crippen LogP contribution in [0, 0.1) is 0 Å². The third-order valence-electron chi connectivity index (χ3n) is 4.01. The fourth-order valence-corrected chi connectivity index (χ4v) is 2.75. The summed E-state index contributed by atoms with van der Waals surface area (Å²) in [6.45, 7) is 3.46. The maximum absolute atomic E-state index is 11.7. The second kappa shape index (κ2) is 8.93. The number of carbonyl (C=O) groups excluding carboxylic acids is 1. The van der Waals surface area contributed by atoms with Crippen molar-refractivity contribution < 1.29 is 19.5 Å². The molecule has 27 heavy (non-hydrogen) atoms. The van der Waals surface area contributed by atoms with E-state index in [1.807, 2.05) is 41.1 Å². The van der Waals surface area contributed by atoms with Crippen LogP contribution in [0.15, 0.2) is 59.9 Å². The molecule has 0 saturated carbocycles. The molecule has 0 aliphatic rings. The number of rotatable bonds is 8. The van der Waals surface area contributed by atoms with E-state index >= 15 is 0 Å². The summed E-state index contributed by atoms with van der Waals surface area (Å²) in [6, 6.07) is 13.0. The van der Waals surface area contributed by atoms with Crippen molar-refractivity contribution in [1.82, 2.24) is 9.30 Å². The Morgan fingerprint density at radius 2 is 2.07 bits per heavy atom. The highest BCUT2D eigenvalue weighted by atomic mass is 16.5. The third-order valence-corrected chi connectivity index (χ3v) is 4.01. The molecule has 2 heterocycles. The van der Waals surface area contributed by atoms with E-state index in [2.05, 4.69) is 4.99 Å². The molecule has 3 rings (SSSR count). The highest BCUT2D eigenvalue weighted by molar-refractivity contribution is 5.83. The number of carbonyl (C=O) groups is 1. The van der Waals surface area contributed by atoms with Gasteiger partial charge >= 0.3 is 5.97 Å². The second-order valence-corrected chi connectivity index (χ2v) is 5.96. The second-order valence-electron chi connectivity index (χ2n) is 5.96. The van der Waals surface area contributed by atoms with Gasteiger partial charge in [-0.05, 0) is 43.3 Å². The zero-order valence-electron chi connectivity index (χ0n) is 15.2.